The molecule has 1 aromatic heterocycles. The molecule has 4 rings (SSSR count). The third kappa shape index (κ3) is 4.85. The highest BCUT2D eigenvalue weighted by Gasteiger charge is 2.14. The molecule has 1 aliphatic rings. The van der Waals surface area contributed by atoms with E-state index in [0.717, 1.165) is 17.4 Å². The molecule has 2 heterocycles. The minimum absolute atomic E-state index is 0.00730. The molecular weight excluding hydrogens is 394 g/mol. The van der Waals surface area contributed by atoms with Gasteiger partial charge in [-0.1, -0.05) is 30.0 Å². The van der Waals surface area contributed by atoms with Gasteiger partial charge in [-0.15, -0.1) is 5.10 Å². The summed E-state index contributed by atoms with van der Waals surface area (Å²) in [6.07, 6.45) is 1.57. The van der Waals surface area contributed by atoms with Crippen LogP contribution in [0.4, 0.5) is 10.5 Å². The number of nitrogens with one attached hydrogen (secondary N) is 2. The summed E-state index contributed by atoms with van der Waals surface area (Å²) in [6, 6.07) is 13.9. The van der Waals surface area contributed by atoms with E-state index in [9.17, 15) is 9.59 Å². The third-order valence-corrected chi connectivity index (χ3v) is 4.73. The van der Waals surface area contributed by atoms with Crippen LogP contribution in [-0.4, -0.2) is 45.7 Å². The van der Waals surface area contributed by atoms with Crippen LogP contribution in [0.25, 0.3) is 5.69 Å². The number of aromatic nitrogens is 3. The molecule has 0 aliphatic carbocycles. The first-order chi connectivity index (χ1) is 14.2. The van der Waals surface area contributed by atoms with E-state index in [0.29, 0.717) is 35.6 Å². The monoisotopic (exact) mass is 411 g/mol. The predicted octanol–water partition coefficient (Wildman–Crippen LogP) is 2.48. The van der Waals surface area contributed by atoms with Gasteiger partial charge in [0.1, 0.15) is 19.5 Å². The Hall–Kier alpha value is -3.53. The Kier molecular flexibility index (Phi) is 5.61. The number of hydrogen-bond donors (Lipinski definition) is 2. The van der Waals surface area contributed by atoms with Gasteiger partial charge in [0.05, 0.1) is 11.4 Å². The van der Waals surface area contributed by atoms with Crippen LogP contribution in [0.3, 0.4) is 0 Å². The number of thioether (sulfide) groups is 1. The second-order valence-corrected chi connectivity index (χ2v) is 6.90. The maximum atomic E-state index is 12.0. The smallest absolute Gasteiger partial charge is 0.325 e. The molecule has 0 radical (unpaired) electrons. The minimum atomic E-state index is -0.630. The Labute approximate surface area is 170 Å². The molecule has 0 atom stereocenters. The van der Waals surface area contributed by atoms with Gasteiger partial charge in [-0.05, 0) is 24.3 Å². The van der Waals surface area contributed by atoms with Gasteiger partial charge in [0.15, 0.2) is 11.5 Å². The molecule has 3 amide bonds. The number of anilines is 1. The fourth-order valence-corrected chi connectivity index (χ4v) is 3.20. The van der Waals surface area contributed by atoms with Crippen LogP contribution in [0, 0.1) is 0 Å². The van der Waals surface area contributed by atoms with Crippen molar-refractivity contribution in [2.24, 2.45) is 0 Å². The fraction of sp³-hybridized carbons (Fsp3) is 0.158. The van der Waals surface area contributed by atoms with Crippen molar-refractivity contribution in [1.29, 1.82) is 0 Å². The molecule has 148 valence electrons. The number of benzene rings is 2. The highest BCUT2D eigenvalue weighted by molar-refractivity contribution is 7.99. The first kappa shape index (κ1) is 18.8. The summed E-state index contributed by atoms with van der Waals surface area (Å²) in [5.41, 5.74) is 1.37. The van der Waals surface area contributed by atoms with Crippen molar-refractivity contribution in [1.82, 2.24) is 20.1 Å². The standard InChI is InChI=1S/C19H17N5O4S/c25-17(11-29-19-20-12-24(23-19)14-4-2-1-3-5-14)22-18(26)21-13-6-7-15-16(10-13)28-9-8-27-15/h1-7,10,12H,8-9,11H2,(H2,21,22,25,26). The summed E-state index contributed by atoms with van der Waals surface area (Å²) in [5, 5.41) is 9.61. The highest BCUT2D eigenvalue weighted by atomic mass is 32.2. The molecule has 0 spiro atoms. The fourth-order valence-electron chi connectivity index (χ4n) is 2.60. The maximum Gasteiger partial charge on any atom is 0.325 e. The summed E-state index contributed by atoms with van der Waals surface area (Å²) in [5.74, 6) is 0.724. The molecule has 29 heavy (non-hydrogen) atoms. The molecule has 0 fully saturated rings. The normalized spacial score (nSPS) is 12.3. The van der Waals surface area contributed by atoms with Crippen molar-refractivity contribution in [3.05, 3.63) is 54.9 Å². The Balaban J connectivity index is 1.26. The SMILES string of the molecule is O=C(CSc1ncn(-c2ccccc2)n1)NC(=O)Nc1ccc2c(c1)OCCO2. The maximum absolute atomic E-state index is 12.0. The van der Waals surface area contributed by atoms with E-state index < -0.39 is 11.9 Å². The number of imide groups is 1. The molecule has 0 saturated heterocycles. The van der Waals surface area contributed by atoms with Crippen LogP contribution in [-0.2, 0) is 4.79 Å². The molecule has 0 unspecified atom stereocenters. The quantitative estimate of drug-likeness (QED) is 0.621. The molecule has 0 saturated carbocycles. The summed E-state index contributed by atoms with van der Waals surface area (Å²) in [7, 11) is 0. The number of amides is 3. The summed E-state index contributed by atoms with van der Waals surface area (Å²) >= 11 is 1.14. The van der Waals surface area contributed by atoms with E-state index in [1.165, 1.54) is 0 Å². The number of rotatable bonds is 5. The van der Waals surface area contributed by atoms with Crippen molar-refractivity contribution >= 4 is 29.4 Å². The molecule has 1 aliphatic heterocycles. The number of carbonyl (C=O) groups is 2. The number of fused-ring (bicyclic) bond motifs is 1. The van der Waals surface area contributed by atoms with Gasteiger partial charge in [-0.25, -0.2) is 14.5 Å². The Bertz CT molecular complexity index is 1020. The summed E-state index contributed by atoms with van der Waals surface area (Å²) in [6.45, 7) is 0.942. The van der Waals surface area contributed by atoms with Crippen LogP contribution >= 0.6 is 11.8 Å². The number of para-hydroxylation sites is 1. The second-order valence-electron chi connectivity index (χ2n) is 5.96. The first-order valence-electron chi connectivity index (χ1n) is 8.78. The number of urea groups is 1. The van der Waals surface area contributed by atoms with Crippen molar-refractivity contribution in [2.75, 3.05) is 24.3 Å². The second kappa shape index (κ2) is 8.65. The van der Waals surface area contributed by atoms with Crippen LogP contribution in [0.2, 0.25) is 0 Å². The Morgan fingerprint density at radius 1 is 1.07 bits per heavy atom. The molecule has 2 aromatic carbocycles. The van der Waals surface area contributed by atoms with Crippen molar-refractivity contribution in [2.45, 2.75) is 5.16 Å². The Morgan fingerprint density at radius 3 is 2.69 bits per heavy atom. The van der Waals surface area contributed by atoms with Gasteiger partial charge in [-0.2, -0.15) is 0 Å². The molecule has 2 N–H and O–H groups in total. The number of hydrogen-bond acceptors (Lipinski definition) is 7. The van der Waals surface area contributed by atoms with Crippen molar-refractivity contribution < 1.29 is 19.1 Å². The van der Waals surface area contributed by atoms with E-state index in [-0.39, 0.29) is 5.75 Å². The van der Waals surface area contributed by atoms with Gasteiger partial charge in [0.25, 0.3) is 0 Å². The van der Waals surface area contributed by atoms with Gasteiger partial charge in [0.2, 0.25) is 11.1 Å². The highest BCUT2D eigenvalue weighted by Crippen LogP contribution is 2.32. The van der Waals surface area contributed by atoms with Crippen LogP contribution < -0.4 is 20.1 Å². The predicted molar refractivity (Wildman–Crippen MR) is 107 cm³/mol. The van der Waals surface area contributed by atoms with E-state index >= 15 is 0 Å². The average Bonchev–Trinajstić information content (AvgIpc) is 3.22. The number of carbonyl (C=O) groups excluding carboxylic acids is 2. The zero-order valence-electron chi connectivity index (χ0n) is 15.2. The van der Waals surface area contributed by atoms with Gasteiger partial charge < -0.3 is 14.8 Å². The summed E-state index contributed by atoms with van der Waals surface area (Å²) in [4.78, 5) is 28.2. The van der Waals surface area contributed by atoms with E-state index in [1.807, 2.05) is 30.3 Å². The Morgan fingerprint density at radius 2 is 1.86 bits per heavy atom. The molecular formula is C19H17N5O4S. The van der Waals surface area contributed by atoms with Crippen molar-refractivity contribution in [3.63, 3.8) is 0 Å². The largest absolute Gasteiger partial charge is 0.486 e. The van der Waals surface area contributed by atoms with Gasteiger partial charge in [-0.3, -0.25) is 10.1 Å². The van der Waals surface area contributed by atoms with Crippen molar-refractivity contribution in [3.8, 4) is 17.2 Å². The van der Waals surface area contributed by atoms with Crippen LogP contribution in [0.1, 0.15) is 0 Å². The number of nitrogens with zero attached hydrogens (tertiary/aromatic N) is 3. The number of ether oxygens (including phenoxy) is 2. The lowest BCUT2D eigenvalue weighted by Crippen LogP contribution is -2.35. The summed E-state index contributed by atoms with van der Waals surface area (Å²) < 4.78 is 12.5. The zero-order chi connectivity index (χ0) is 20.1. The topological polar surface area (TPSA) is 107 Å². The van der Waals surface area contributed by atoms with Gasteiger partial charge >= 0.3 is 6.03 Å². The van der Waals surface area contributed by atoms with E-state index in [2.05, 4.69) is 20.7 Å². The lowest BCUT2D eigenvalue weighted by atomic mass is 10.2. The molecule has 9 nitrogen and oxygen atoms in total. The van der Waals surface area contributed by atoms with Gasteiger partial charge in [0, 0.05) is 11.8 Å². The van der Waals surface area contributed by atoms with E-state index in [4.69, 9.17) is 9.47 Å². The zero-order valence-corrected chi connectivity index (χ0v) is 16.0. The molecule has 0 bridgehead atoms. The minimum Gasteiger partial charge on any atom is -0.486 e. The average molecular weight is 411 g/mol. The molecule has 10 heteroatoms. The van der Waals surface area contributed by atoms with Crippen LogP contribution in [0.5, 0.6) is 11.5 Å². The lowest BCUT2D eigenvalue weighted by molar-refractivity contribution is -0.117. The third-order valence-electron chi connectivity index (χ3n) is 3.88. The van der Waals surface area contributed by atoms with E-state index in [1.54, 1.807) is 29.2 Å². The molecule has 3 aromatic rings. The first-order valence-corrected chi connectivity index (χ1v) is 9.76. The lowest BCUT2D eigenvalue weighted by Gasteiger charge is -2.19. The van der Waals surface area contributed by atoms with Crippen LogP contribution in [0.15, 0.2) is 60.0 Å².